The lowest BCUT2D eigenvalue weighted by atomic mass is 10.0. The average molecular weight is 328 g/mol. The monoisotopic (exact) mass is 328 g/mol. The maximum atomic E-state index is 2.55. The molecule has 0 atom stereocenters. The predicted octanol–water partition coefficient (Wildman–Crippen LogP) is 4.68. The fourth-order valence-corrected chi connectivity index (χ4v) is 3.49. The van der Waals surface area contributed by atoms with Gasteiger partial charge in [0.15, 0.2) is 0 Å². The number of benzene rings is 3. The minimum Gasteiger partial charge on any atom is -0.369 e. The Morgan fingerprint density at radius 2 is 1.12 bits per heavy atom. The van der Waals surface area contributed by atoms with E-state index < -0.39 is 0 Å². The second-order valence-electron chi connectivity index (χ2n) is 6.66. The fraction of sp³-hybridized carbons (Fsp3) is 0.217. The number of hydrogen-bond acceptors (Lipinski definition) is 2. The van der Waals surface area contributed by atoms with Crippen molar-refractivity contribution in [1.82, 2.24) is 4.90 Å². The first-order valence-corrected chi connectivity index (χ1v) is 9.05. The Morgan fingerprint density at radius 1 is 0.560 bits per heavy atom. The van der Waals surface area contributed by atoms with Crippen LogP contribution < -0.4 is 4.90 Å². The number of anilines is 1. The van der Waals surface area contributed by atoms with Crippen molar-refractivity contribution in [2.75, 3.05) is 31.1 Å². The summed E-state index contributed by atoms with van der Waals surface area (Å²) < 4.78 is 0. The number of nitrogens with zero attached hydrogens (tertiary/aromatic N) is 2. The van der Waals surface area contributed by atoms with Gasteiger partial charge in [0.1, 0.15) is 0 Å². The zero-order valence-corrected chi connectivity index (χ0v) is 14.5. The van der Waals surface area contributed by atoms with Gasteiger partial charge in [-0.25, -0.2) is 0 Å². The second kappa shape index (κ2) is 7.54. The zero-order chi connectivity index (χ0) is 16.9. The van der Waals surface area contributed by atoms with Crippen molar-refractivity contribution in [3.8, 4) is 11.1 Å². The Labute approximate surface area is 150 Å². The second-order valence-corrected chi connectivity index (χ2v) is 6.66. The first-order chi connectivity index (χ1) is 12.4. The van der Waals surface area contributed by atoms with Gasteiger partial charge in [0.25, 0.3) is 0 Å². The highest BCUT2D eigenvalue weighted by Crippen LogP contribution is 2.21. The van der Waals surface area contributed by atoms with Gasteiger partial charge in [0.2, 0.25) is 0 Å². The molecule has 3 aromatic carbocycles. The van der Waals surface area contributed by atoms with E-state index in [1.54, 1.807) is 0 Å². The van der Waals surface area contributed by atoms with Gasteiger partial charge in [0.05, 0.1) is 0 Å². The summed E-state index contributed by atoms with van der Waals surface area (Å²) in [5.74, 6) is 0. The molecule has 0 N–H and O–H groups in total. The van der Waals surface area contributed by atoms with Crippen molar-refractivity contribution >= 4 is 5.69 Å². The molecule has 4 rings (SSSR count). The molecule has 0 aliphatic carbocycles. The molecule has 2 heteroatoms. The lowest BCUT2D eigenvalue weighted by Gasteiger charge is -2.36. The molecule has 126 valence electrons. The van der Waals surface area contributed by atoms with Crippen LogP contribution in [0, 0.1) is 0 Å². The molecule has 0 radical (unpaired) electrons. The van der Waals surface area contributed by atoms with Crippen LogP contribution in [0.4, 0.5) is 5.69 Å². The van der Waals surface area contributed by atoms with Crippen LogP contribution in [0.2, 0.25) is 0 Å². The van der Waals surface area contributed by atoms with Crippen molar-refractivity contribution in [3.63, 3.8) is 0 Å². The van der Waals surface area contributed by atoms with Crippen LogP contribution in [-0.4, -0.2) is 31.1 Å². The highest BCUT2D eigenvalue weighted by Gasteiger charge is 2.17. The van der Waals surface area contributed by atoms with Gasteiger partial charge in [-0.15, -0.1) is 0 Å². The number of hydrogen-bond donors (Lipinski definition) is 0. The van der Waals surface area contributed by atoms with E-state index in [9.17, 15) is 0 Å². The van der Waals surface area contributed by atoms with Crippen molar-refractivity contribution in [2.24, 2.45) is 0 Å². The van der Waals surface area contributed by atoms with E-state index in [-0.39, 0.29) is 0 Å². The van der Waals surface area contributed by atoms with Crippen molar-refractivity contribution in [1.29, 1.82) is 0 Å². The molecule has 0 saturated carbocycles. The van der Waals surface area contributed by atoms with Crippen molar-refractivity contribution in [3.05, 3.63) is 90.5 Å². The molecule has 0 spiro atoms. The van der Waals surface area contributed by atoms with Crippen LogP contribution in [-0.2, 0) is 6.54 Å². The van der Waals surface area contributed by atoms with Crippen molar-refractivity contribution < 1.29 is 0 Å². The third kappa shape index (κ3) is 3.92. The number of rotatable bonds is 4. The normalized spacial score (nSPS) is 15.3. The van der Waals surface area contributed by atoms with Gasteiger partial charge in [0, 0.05) is 38.4 Å². The van der Waals surface area contributed by atoms with Gasteiger partial charge in [-0.3, -0.25) is 4.90 Å². The Bertz CT molecular complexity index is 773. The Hall–Kier alpha value is -2.58. The topological polar surface area (TPSA) is 6.48 Å². The third-order valence-electron chi connectivity index (χ3n) is 4.96. The van der Waals surface area contributed by atoms with E-state index in [1.165, 1.54) is 22.4 Å². The molecule has 0 unspecified atom stereocenters. The standard InChI is InChI=1S/C23H24N2/c1-3-7-21(8-4-1)22-13-11-20(12-14-22)19-24-15-17-25(18-16-24)23-9-5-2-6-10-23/h1-14H,15-19H2. The van der Waals surface area contributed by atoms with E-state index in [0.717, 1.165) is 32.7 Å². The van der Waals surface area contributed by atoms with Crippen LogP contribution in [0.1, 0.15) is 5.56 Å². The maximum absolute atomic E-state index is 2.55. The van der Waals surface area contributed by atoms with Crippen LogP contribution >= 0.6 is 0 Å². The summed E-state index contributed by atoms with van der Waals surface area (Å²) in [5.41, 5.74) is 5.31. The summed E-state index contributed by atoms with van der Waals surface area (Å²) in [5, 5.41) is 0. The molecule has 1 aliphatic heterocycles. The number of para-hydroxylation sites is 1. The first kappa shape index (κ1) is 15.9. The molecule has 1 saturated heterocycles. The van der Waals surface area contributed by atoms with E-state index in [2.05, 4.69) is 94.7 Å². The molecule has 2 nitrogen and oxygen atoms in total. The molecule has 1 fully saturated rings. The van der Waals surface area contributed by atoms with Crippen LogP contribution in [0.5, 0.6) is 0 Å². The van der Waals surface area contributed by atoms with Gasteiger partial charge in [-0.05, 0) is 28.8 Å². The van der Waals surface area contributed by atoms with Gasteiger partial charge < -0.3 is 4.90 Å². The molecule has 1 heterocycles. The van der Waals surface area contributed by atoms with Crippen LogP contribution in [0.15, 0.2) is 84.9 Å². The lowest BCUT2D eigenvalue weighted by molar-refractivity contribution is 0.250. The highest BCUT2D eigenvalue weighted by atomic mass is 15.3. The first-order valence-electron chi connectivity index (χ1n) is 9.05. The third-order valence-corrected chi connectivity index (χ3v) is 4.96. The molecule has 0 aromatic heterocycles. The number of piperazine rings is 1. The lowest BCUT2D eigenvalue weighted by Crippen LogP contribution is -2.45. The molecule has 0 bridgehead atoms. The van der Waals surface area contributed by atoms with Crippen molar-refractivity contribution in [2.45, 2.75) is 6.54 Å². The smallest absolute Gasteiger partial charge is 0.0367 e. The minimum atomic E-state index is 1.04. The summed E-state index contributed by atoms with van der Waals surface area (Å²) in [6.07, 6.45) is 0. The molecule has 1 aliphatic rings. The Balaban J connectivity index is 1.34. The Morgan fingerprint density at radius 3 is 1.76 bits per heavy atom. The van der Waals surface area contributed by atoms with Gasteiger partial charge in [-0.1, -0.05) is 72.8 Å². The van der Waals surface area contributed by atoms with E-state index >= 15 is 0 Å². The predicted molar refractivity (Wildman–Crippen MR) is 106 cm³/mol. The average Bonchev–Trinajstić information content (AvgIpc) is 2.71. The summed E-state index contributed by atoms with van der Waals surface area (Å²) in [6.45, 7) is 5.49. The van der Waals surface area contributed by atoms with Gasteiger partial charge in [-0.2, -0.15) is 0 Å². The quantitative estimate of drug-likeness (QED) is 0.686. The van der Waals surface area contributed by atoms with E-state index in [0.29, 0.717) is 0 Å². The van der Waals surface area contributed by atoms with Crippen LogP contribution in [0.25, 0.3) is 11.1 Å². The fourth-order valence-electron chi connectivity index (χ4n) is 3.49. The SMILES string of the molecule is c1ccc(-c2ccc(CN3CCN(c4ccccc4)CC3)cc2)cc1. The molecule has 25 heavy (non-hydrogen) atoms. The molecule has 0 amide bonds. The van der Waals surface area contributed by atoms with Gasteiger partial charge >= 0.3 is 0 Å². The molecular weight excluding hydrogens is 304 g/mol. The minimum absolute atomic E-state index is 1.04. The maximum Gasteiger partial charge on any atom is 0.0367 e. The Kier molecular flexibility index (Phi) is 4.80. The summed E-state index contributed by atoms with van der Waals surface area (Å²) in [4.78, 5) is 5.03. The largest absolute Gasteiger partial charge is 0.369 e. The molecule has 3 aromatic rings. The highest BCUT2D eigenvalue weighted by molar-refractivity contribution is 5.63. The molecular formula is C23H24N2. The van der Waals surface area contributed by atoms with Crippen LogP contribution in [0.3, 0.4) is 0 Å². The zero-order valence-electron chi connectivity index (χ0n) is 14.5. The summed E-state index contributed by atoms with van der Waals surface area (Å²) in [6, 6.07) is 30.3. The van der Waals surface area contributed by atoms with E-state index in [4.69, 9.17) is 0 Å². The summed E-state index contributed by atoms with van der Waals surface area (Å²) >= 11 is 0. The van der Waals surface area contributed by atoms with E-state index in [1.807, 2.05) is 0 Å². The summed E-state index contributed by atoms with van der Waals surface area (Å²) in [7, 11) is 0.